The molecule has 0 bridgehead atoms. The van der Waals surface area contributed by atoms with Crippen molar-refractivity contribution in [3.8, 4) is 28.1 Å². The number of rotatable bonds is 3. The zero-order valence-electron chi connectivity index (χ0n) is 14.4. The van der Waals surface area contributed by atoms with E-state index in [0.29, 0.717) is 5.71 Å². The van der Waals surface area contributed by atoms with Crippen molar-refractivity contribution in [1.82, 2.24) is 10.1 Å². The summed E-state index contributed by atoms with van der Waals surface area (Å²) in [5, 5.41) is 5.05. The number of hydrogen-bond donors (Lipinski definition) is 0. The van der Waals surface area contributed by atoms with Gasteiger partial charge in [-0.15, -0.1) is 0 Å². The largest absolute Gasteiger partial charge is 0.497 e. The summed E-state index contributed by atoms with van der Waals surface area (Å²) in [5.74, 6) is 0.829. The van der Waals surface area contributed by atoms with E-state index in [1.165, 1.54) is 5.56 Å². The van der Waals surface area contributed by atoms with Crippen LogP contribution in [0.5, 0.6) is 5.75 Å². The van der Waals surface area contributed by atoms with Crippen molar-refractivity contribution in [1.29, 1.82) is 0 Å². The Hall–Kier alpha value is -3.14. The van der Waals surface area contributed by atoms with Gasteiger partial charge in [-0.3, -0.25) is 0 Å². The maximum Gasteiger partial charge on any atom is 0.259 e. The highest BCUT2D eigenvalue weighted by Crippen LogP contribution is 2.34. The molecular weight excluding hydrogens is 312 g/mol. The number of methoxy groups -OCH3 is 1. The third kappa shape index (κ3) is 2.76. The predicted octanol–water partition coefficient (Wildman–Crippen LogP) is 5.18. The molecule has 0 amide bonds. The van der Waals surface area contributed by atoms with Crippen molar-refractivity contribution in [3.05, 3.63) is 65.9 Å². The molecule has 0 N–H and O–H groups in total. The molecule has 2 aromatic heterocycles. The number of aromatic nitrogens is 2. The van der Waals surface area contributed by atoms with Crippen LogP contribution in [0.1, 0.15) is 11.3 Å². The molecule has 2 heterocycles. The number of fused-ring (bicyclic) bond motifs is 1. The first kappa shape index (κ1) is 15.4. The molecule has 0 aliphatic heterocycles. The molecule has 124 valence electrons. The fourth-order valence-electron chi connectivity index (χ4n) is 2.97. The van der Waals surface area contributed by atoms with Crippen LogP contribution in [-0.2, 0) is 0 Å². The lowest BCUT2D eigenvalue weighted by atomic mass is 9.99. The number of hydrogen-bond acceptors (Lipinski definition) is 4. The van der Waals surface area contributed by atoms with Gasteiger partial charge in [-0.2, -0.15) is 0 Å². The van der Waals surface area contributed by atoms with Crippen LogP contribution >= 0.6 is 0 Å². The molecule has 0 radical (unpaired) electrons. The molecule has 0 saturated carbocycles. The fraction of sp³-hybridized carbons (Fsp3) is 0.143. The number of benzene rings is 2. The Kier molecular flexibility index (Phi) is 3.73. The number of ether oxygens (including phenoxy) is 1. The molecule has 0 saturated heterocycles. The van der Waals surface area contributed by atoms with Crippen molar-refractivity contribution in [2.75, 3.05) is 7.11 Å². The van der Waals surface area contributed by atoms with Crippen LogP contribution in [0, 0.1) is 13.8 Å². The topological polar surface area (TPSA) is 48.2 Å². The summed E-state index contributed by atoms with van der Waals surface area (Å²) < 4.78 is 10.7. The van der Waals surface area contributed by atoms with E-state index in [-0.39, 0.29) is 0 Å². The van der Waals surface area contributed by atoms with Gasteiger partial charge in [0.25, 0.3) is 5.71 Å². The first-order valence-corrected chi connectivity index (χ1v) is 8.14. The van der Waals surface area contributed by atoms with E-state index in [9.17, 15) is 0 Å². The van der Waals surface area contributed by atoms with Crippen LogP contribution in [-0.4, -0.2) is 17.3 Å². The highest BCUT2D eigenvalue weighted by molar-refractivity contribution is 5.95. The van der Waals surface area contributed by atoms with Gasteiger partial charge in [0, 0.05) is 5.56 Å². The lowest BCUT2D eigenvalue weighted by Gasteiger charge is -2.08. The van der Waals surface area contributed by atoms with E-state index in [0.717, 1.165) is 39.2 Å². The fourth-order valence-corrected chi connectivity index (χ4v) is 2.97. The highest BCUT2D eigenvalue weighted by atomic mass is 16.5. The standard InChI is InChI=1S/C21H18N2O2/c1-13-4-6-16(7-5-13)19-12-18(15-8-10-17(24-3)11-9-15)20-14(2)23-25-21(20)22-19/h4-12H,1-3H3. The molecule has 4 aromatic rings. The lowest BCUT2D eigenvalue weighted by Crippen LogP contribution is -1.89. The van der Waals surface area contributed by atoms with Crippen molar-refractivity contribution >= 4 is 11.1 Å². The van der Waals surface area contributed by atoms with Crippen LogP contribution in [0.15, 0.2) is 59.1 Å². The van der Waals surface area contributed by atoms with Gasteiger partial charge in [0.05, 0.1) is 23.9 Å². The van der Waals surface area contributed by atoms with E-state index in [2.05, 4.69) is 47.4 Å². The van der Waals surface area contributed by atoms with Gasteiger partial charge in [-0.25, -0.2) is 4.98 Å². The molecule has 0 aliphatic rings. The Morgan fingerprint density at radius 1 is 0.880 bits per heavy atom. The Labute approximate surface area is 146 Å². The quantitative estimate of drug-likeness (QED) is 0.519. The van der Waals surface area contributed by atoms with Gasteiger partial charge in [-0.1, -0.05) is 47.1 Å². The van der Waals surface area contributed by atoms with Crippen molar-refractivity contribution in [2.24, 2.45) is 0 Å². The Morgan fingerprint density at radius 3 is 2.24 bits per heavy atom. The molecule has 4 rings (SSSR count). The summed E-state index contributed by atoms with van der Waals surface area (Å²) in [7, 11) is 1.67. The maximum absolute atomic E-state index is 5.46. The number of pyridine rings is 1. The summed E-state index contributed by atoms with van der Waals surface area (Å²) in [6, 6.07) is 18.4. The monoisotopic (exact) mass is 330 g/mol. The summed E-state index contributed by atoms with van der Waals surface area (Å²) in [5.41, 5.74) is 6.67. The maximum atomic E-state index is 5.46. The first-order valence-electron chi connectivity index (χ1n) is 8.14. The molecular formula is C21H18N2O2. The van der Waals surface area contributed by atoms with Gasteiger partial charge >= 0.3 is 0 Å². The van der Waals surface area contributed by atoms with Crippen LogP contribution < -0.4 is 4.74 Å². The average molecular weight is 330 g/mol. The van der Waals surface area contributed by atoms with Crippen LogP contribution in [0.2, 0.25) is 0 Å². The Bertz CT molecular complexity index is 1030. The SMILES string of the molecule is COc1ccc(-c2cc(-c3ccc(C)cc3)nc3onc(C)c23)cc1. The first-order chi connectivity index (χ1) is 12.2. The summed E-state index contributed by atoms with van der Waals surface area (Å²) in [6.45, 7) is 4.01. The van der Waals surface area contributed by atoms with Crippen LogP contribution in [0.25, 0.3) is 33.5 Å². The minimum absolute atomic E-state index is 0.557. The average Bonchev–Trinajstić information content (AvgIpc) is 3.03. The molecule has 0 atom stereocenters. The van der Waals surface area contributed by atoms with Crippen LogP contribution in [0.4, 0.5) is 0 Å². The molecule has 25 heavy (non-hydrogen) atoms. The zero-order chi connectivity index (χ0) is 17.4. The van der Waals surface area contributed by atoms with Gasteiger partial charge in [0.2, 0.25) is 0 Å². The molecule has 2 aromatic carbocycles. The normalized spacial score (nSPS) is 11.0. The van der Waals surface area contributed by atoms with E-state index in [1.54, 1.807) is 7.11 Å². The third-order valence-electron chi connectivity index (χ3n) is 4.37. The predicted molar refractivity (Wildman–Crippen MR) is 98.7 cm³/mol. The lowest BCUT2D eigenvalue weighted by molar-refractivity contribution is 0.415. The Morgan fingerprint density at radius 2 is 1.56 bits per heavy atom. The number of nitrogens with zero attached hydrogens (tertiary/aromatic N) is 2. The van der Waals surface area contributed by atoms with E-state index >= 15 is 0 Å². The molecule has 4 nitrogen and oxygen atoms in total. The summed E-state index contributed by atoms with van der Waals surface area (Å²) in [6.07, 6.45) is 0. The van der Waals surface area contributed by atoms with Crippen molar-refractivity contribution in [2.45, 2.75) is 13.8 Å². The second-order valence-electron chi connectivity index (χ2n) is 6.10. The second kappa shape index (κ2) is 6.06. The van der Waals surface area contributed by atoms with Gasteiger partial charge in [-0.05, 0) is 43.2 Å². The molecule has 0 spiro atoms. The summed E-state index contributed by atoms with van der Waals surface area (Å²) >= 11 is 0. The van der Waals surface area contributed by atoms with Crippen LogP contribution in [0.3, 0.4) is 0 Å². The minimum atomic E-state index is 0.557. The minimum Gasteiger partial charge on any atom is -0.497 e. The zero-order valence-corrected chi connectivity index (χ0v) is 14.4. The van der Waals surface area contributed by atoms with Gasteiger partial charge in [0.1, 0.15) is 5.75 Å². The highest BCUT2D eigenvalue weighted by Gasteiger charge is 2.15. The molecule has 0 aliphatic carbocycles. The van der Waals surface area contributed by atoms with E-state index in [4.69, 9.17) is 9.26 Å². The van der Waals surface area contributed by atoms with E-state index < -0.39 is 0 Å². The van der Waals surface area contributed by atoms with Gasteiger partial charge < -0.3 is 9.26 Å². The summed E-state index contributed by atoms with van der Waals surface area (Å²) in [4.78, 5) is 4.66. The molecule has 0 unspecified atom stereocenters. The Balaban J connectivity index is 1.94. The smallest absolute Gasteiger partial charge is 0.259 e. The number of aryl methyl sites for hydroxylation is 2. The van der Waals surface area contributed by atoms with Crippen molar-refractivity contribution < 1.29 is 9.26 Å². The van der Waals surface area contributed by atoms with Crippen molar-refractivity contribution in [3.63, 3.8) is 0 Å². The molecule has 4 heteroatoms. The third-order valence-corrected chi connectivity index (χ3v) is 4.37. The van der Waals surface area contributed by atoms with Gasteiger partial charge in [0.15, 0.2) is 0 Å². The molecule has 0 fully saturated rings. The van der Waals surface area contributed by atoms with E-state index in [1.807, 2.05) is 31.2 Å². The second-order valence-corrected chi connectivity index (χ2v) is 6.10.